The molecule has 0 atom stereocenters. The third kappa shape index (κ3) is 5.27. The highest BCUT2D eigenvalue weighted by atomic mass is 32.2. The molecular formula is C23H16F5N3O3S. The van der Waals surface area contributed by atoms with Crippen molar-refractivity contribution in [3.8, 4) is 16.8 Å². The molecule has 0 unspecified atom stereocenters. The summed E-state index contributed by atoms with van der Waals surface area (Å²) >= 11 is 0. The quantitative estimate of drug-likeness (QED) is 0.359. The summed E-state index contributed by atoms with van der Waals surface area (Å²) in [5, 5.41) is 0.441. The summed E-state index contributed by atoms with van der Waals surface area (Å²) < 4.78 is 92.5. The first-order valence-electron chi connectivity index (χ1n) is 9.91. The number of hydrogen-bond donors (Lipinski definition) is 2. The zero-order valence-electron chi connectivity index (χ0n) is 17.6. The molecule has 0 saturated carbocycles. The Morgan fingerprint density at radius 2 is 1.71 bits per heavy atom. The van der Waals surface area contributed by atoms with Crippen LogP contribution in [0.1, 0.15) is 10.5 Å². The normalized spacial score (nSPS) is 12.1. The van der Waals surface area contributed by atoms with Gasteiger partial charge in [-0.05, 0) is 48.0 Å². The van der Waals surface area contributed by atoms with Crippen molar-refractivity contribution in [2.45, 2.75) is 6.18 Å². The summed E-state index contributed by atoms with van der Waals surface area (Å²) in [4.78, 5) is 12.1. The summed E-state index contributed by atoms with van der Waals surface area (Å²) in [6.45, 7) is 0. The molecule has 0 aliphatic heterocycles. The number of benzene rings is 3. The maximum absolute atomic E-state index is 14.3. The van der Waals surface area contributed by atoms with Gasteiger partial charge < -0.3 is 10.3 Å². The maximum Gasteiger partial charge on any atom is 0.404 e. The van der Waals surface area contributed by atoms with Crippen LogP contribution >= 0.6 is 0 Å². The minimum Gasteiger partial charge on any atom is -0.364 e. The van der Waals surface area contributed by atoms with Gasteiger partial charge >= 0.3 is 6.18 Å². The van der Waals surface area contributed by atoms with Gasteiger partial charge in [0.25, 0.3) is 5.91 Å². The van der Waals surface area contributed by atoms with Crippen LogP contribution in [-0.2, 0) is 10.0 Å². The minimum absolute atomic E-state index is 0.00738. The molecule has 1 heterocycles. The zero-order valence-corrected chi connectivity index (χ0v) is 18.4. The molecule has 0 fully saturated rings. The maximum atomic E-state index is 14.3. The number of primary amides is 1. The molecule has 35 heavy (non-hydrogen) atoms. The molecule has 1 amide bonds. The molecule has 182 valence electrons. The first kappa shape index (κ1) is 24.2. The fourth-order valence-corrected chi connectivity index (χ4v) is 4.68. The van der Waals surface area contributed by atoms with E-state index in [1.165, 1.54) is 41.0 Å². The van der Waals surface area contributed by atoms with E-state index in [-0.39, 0.29) is 22.5 Å². The number of nitrogens with one attached hydrogen (secondary N) is 1. The van der Waals surface area contributed by atoms with Crippen molar-refractivity contribution < 1.29 is 35.2 Å². The van der Waals surface area contributed by atoms with E-state index in [1.54, 1.807) is 18.2 Å². The van der Waals surface area contributed by atoms with Gasteiger partial charge in [-0.1, -0.05) is 18.2 Å². The standard InChI is InChI=1S/C23H16F5N3O3S/c24-15-5-7-18(19(25)10-15)13-2-1-3-17(8-13)31-20-11-16(30-35(33,34)12-23(26,27)28)6-4-14(20)9-21(31)22(29)32/h1-11,30H,12H2,(H2,29,32). The molecule has 0 spiro atoms. The Balaban J connectivity index is 1.84. The molecule has 4 aromatic rings. The van der Waals surface area contributed by atoms with Crippen molar-refractivity contribution in [2.24, 2.45) is 5.73 Å². The number of nitrogens with two attached hydrogens (primary N) is 1. The van der Waals surface area contributed by atoms with Crippen LogP contribution < -0.4 is 10.5 Å². The second kappa shape index (κ2) is 8.69. The van der Waals surface area contributed by atoms with Crippen molar-refractivity contribution in [1.82, 2.24) is 4.57 Å². The lowest BCUT2D eigenvalue weighted by Crippen LogP contribution is -2.27. The Morgan fingerprint density at radius 3 is 2.37 bits per heavy atom. The average molecular weight is 509 g/mol. The predicted octanol–water partition coefficient (Wildman–Crippen LogP) is 4.98. The van der Waals surface area contributed by atoms with Crippen LogP contribution in [0.5, 0.6) is 0 Å². The molecule has 0 radical (unpaired) electrons. The van der Waals surface area contributed by atoms with Gasteiger partial charge in [0.1, 0.15) is 17.3 Å². The summed E-state index contributed by atoms with van der Waals surface area (Å²) in [7, 11) is -4.75. The third-order valence-corrected chi connectivity index (χ3v) is 6.28. The van der Waals surface area contributed by atoms with Crippen LogP contribution in [0.2, 0.25) is 0 Å². The van der Waals surface area contributed by atoms with E-state index in [0.717, 1.165) is 12.1 Å². The Hall–Kier alpha value is -3.93. The summed E-state index contributed by atoms with van der Waals surface area (Å²) in [5.74, 6) is -4.47. The van der Waals surface area contributed by atoms with Crippen LogP contribution in [-0.4, -0.2) is 30.8 Å². The fraction of sp³-hybridized carbons (Fsp3) is 0.0870. The Morgan fingerprint density at radius 1 is 0.971 bits per heavy atom. The van der Waals surface area contributed by atoms with E-state index < -0.39 is 39.5 Å². The van der Waals surface area contributed by atoms with Crippen LogP contribution in [0.3, 0.4) is 0 Å². The van der Waals surface area contributed by atoms with Gasteiger partial charge in [-0.25, -0.2) is 17.2 Å². The third-order valence-electron chi connectivity index (χ3n) is 5.03. The number of hydrogen-bond acceptors (Lipinski definition) is 3. The largest absolute Gasteiger partial charge is 0.404 e. The lowest BCUT2D eigenvalue weighted by molar-refractivity contribution is -0.106. The molecule has 0 aliphatic rings. The highest BCUT2D eigenvalue weighted by molar-refractivity contribution is 7.92. The molecule has 0 saturated heterocycles. The van der Waals surface area contributed by atoms with E-state index in [4.69, 9.17) is 5.73 Å². The zero-order chi connectivity index (χ0) is 25.5. The minimum atomic E-state index is -4.94. The molecular weight excluding hydrogens is 493 g/mol. The Bertz CT molecular complexity index is 1560. The molecule has 3 N–H and O–H groups in total. The molecule has 3 aromatic carbocycles. The molecule has 1 aromatic heterocycles. The van der Waals surface area contributed by atoms with E-state index in [2.05, 4.69) is 0 Å². The molecule has 12 heteroatoms. The summed E-state index contributed by atoms with van der Waals surface area (Å²) in [6, 6.07) is 14.6. The molecule has 4 rings (SSSR count). The monoisotopic (exact) mass is 509 g/mol. The van der Waals surface area contributed by atoms with Crippen molar-refractivity contribution in [1.29, 1.82) is 0 Å². The molecule has 6 nitrogen and oxygen atoms in total. The van der Waals surface area contributed by atoms with Crippen molar-refractivity contribution in [3.63, 3.8) is 0 Å². The molecule has 0 aliphatic carbocycles. The van der Waals surface area contributed by atoms with Gasteiger partial charge in [0, 0.05) is 22.7 Å². The van der Waals surface area contributed by atoms with Crippen molar-refractivity contribution >= 4 is 32.5 Å². The highest BCUT2D eigenvalue weighted by Crippen LogP contribution is 2.31. The lowest BCUT2D eigenvalue weighted by Gasteiger charge is -2.13. The number of alkyl halides is 3. The number of sulfonamides is 1. The number of carbonyl (C=O) groups is 1. The topological polar surface area (TPSA) is 94.2 Å². The number of halogens is 5. The number of carbonyl (C=O) groups excluding carboxylic acids is 1. The number of nitrogens with zero attached hydrogens (tertiary/aromatic N) is 1. The van der Waals surface area contributed by atoms with Crippen molar-refractivity contribution in [3.05, 3.63) is 84.1 Å². The second-order valence-electron chi connectivity index (χ2n) is 7.65. The Kier molecular flexibility index (Phi) is 6.01. The highest BCUT2D eigenvalue weighted by Gasteiger charge is 2.35. The number of amides is 1. The van der Waals surface area contributed by atoms with Gasteiger partial charge in [-0.3, -0.25) is 9.52 Å². The van der Waals surface area contributed by atoms with Gasteiger partial charge in [0.15, 0.2) is 5.75 Å². The number of rotatable bonds is 6. The number of aromatic nitrogens is 1. The van der Waals surface area contributed by atoms with Crippen LogP contribution in [0.15, 0.2) is 66.7 Å². The fourth-order valence-electron chi connectivity index (χ4n) is 3.69. The van der Waals surface area contributed by atoms with Crippen molar-refractivity contribution in [2.75, 3.05) is 10.5 Å². The van der Waals surface area contributed by atoms with E-state index in [1.807, 2.05) is 4.72 Å². The number of fused-ring (bicyclic) bond motifs is 1. The summed E-state index contributed by atoms with van der Waals surface area (Å²) in [6.07, 6.45) is -4.94. The van der Waals surface area contributed by atoms with E-state index in [0.29, 0.717) is 16.6 Å². The Labute approximate surface area is 195 Å². The van der Waals surface area contributed by atoms with E-state index in [9.17, 15) is 35.2 Å². The number of anilines is 1. The van der Waals surface area contributed by atoms with Crippen LogP contribution in [0.4, 0.5) is 27.6 Å². The smallest absolute Gasteiger partial charge is 0.364 e. The summed E-state index contributed by atoms with van der Waals surface area (Å²) in [5.41, 5.74) is 6.35. The van der Waals surface area contributed by atoms with Gasteiger partial charge in [-0.15, -0.1) is 0 Å². The molecule has 0 bridgehead atoms. The van der Waals surface area contributed by atoms with Gasteiger partial charge in [-0.2, -0.15) is 13.2 Å². The average Bonchev–Trinajstić information content (AvgIpc) is 3.11. The first-order valence-corrected chi connectivity index (χ1v) is 11.6. The van der Waals surface area contributed by atoms with Crippen LogP contribution in [0, 0.1) is 11.6 Å². The SMILES string of the molecule is NC(=O)c1cc2ccc(NS(=O)(=O)CC(F)(F)F)cc2n1-c1cccc(-c2ccc(F)cc2F)c1. The second-order valence-corrected chi connectivity index (χ2v) is 9.38. The van der Waals surface area contributed by atoms with Gasteiger partial charge in [0.05, 0.1) is 11.2 Å². The predicted molar refractivity (Wildman–Crippen MR) is 121 cm³/mol. The first-order chi connectivity index (χ1) is 16.3. The van der Waals surface area contributed by atoms with Crippen LogP contribution in [0.25, 0.3) is 27.7 Å². The lowest BCUT2D eigenvalue weighted by atomic mass is 10.0. The van der Waals surface area contributed by atoms with Gasteiger partial charge in [0.2, 0.25) is 10.0 Å². The van der Waals surface area contributed by atoms with E-state index >= 15 is 0 Å².